The standard InChI is InChI=1S/C18H16F3NO3/c1-25-13-5-2-10(3-6-13)14-9-11-8-12(18(19,20)21)4-7-15(11)22-17(24)16(14)23/h2-8,14,16,23H,9H2,1H3,(H,22,24)/t14-,16+/m0/s1. The quantitative estimate of drug-likeness (QED) is 0.872. The first-order valence-electron chi connectivity index (χ1n) is 7.62. The van der Waals surface area contributed by atoms with E-state index in [0.717, 1.165) is 12.1 Å². The van der Waals surface area contributed by atoms with Crippen LogP contribution >= 0.6 is 0 Å². The Hall–Kier alpha value is -2.54. The normalized spacial score (nSPS) is 20.4. The maximum Gasteiger partial charge on any atom is 0.416 e. The molecule has 0 aromatic heterocycles. The fourth-order valence-electron chi connectivity index (χ4n) is 2.95. The topological polar surface area (TPSA) is 58.6 Å². The van der Waals surface area contributed by atoms with Gasteiger partial charge in [0.1, 0.15) is 11.9 Å². The second kappa shape index (κ2) is 6.40. The average Bonchev–Trinajstić information content (AvgIpc) is 2.71. The predicted molar refractivity (Wildman–Crippen MR) is 85.5 cm³/mol. The molecule has 0 spiro atoms. The van der Waals surface area contributed by atoms with Gasteiger partial charge in [0.15, 0.2) is 0 Å². The van der Waals surface area contributed by atoms with E-state index in [0.29, 0.717) is 16.9 Å². The summed E-state index contributed by atoms with van der Waals surface area (Å²) in [5, 5.41) is 12.8. The summed E-state index contributed by atoms with van der Waals surface area (Å²) in [6.07, 6.45) is -5.74. The number of fused-ring (bicyclic) bond motifs is 1. The minimum Gasteiger partial charge on any atom is -0.497 e. The number of carbonyl (C=O) groups is 1. The maximum atomic E-state index is 13.0. The van der Waals surface area contributed by atoms with Gasteiger partial charge in [-0.05, 0) is 47.9 Å². The molecule has 0 saturated heterocycles. The molecule has 0 saturated carbocycles. The van der Waals surface area contributed by atoms with Crippen LogP contribution in [-0.2, 0) is 17.4 Å². The summed E-state index contributed by atoms with van der Waals surface area (Å²) >= 11 is 0. The second-order valence-electron chi connectivity index (χ2n) is 5.89. The van der Waals surface area contributed by atoms with Crippen LogP contribution < -0.4 is 10.1 Å². The predicted octanol–water partition coefficient (Wildman–Crippen LogP) is 3.35. The summed E-state index contributed by atoms with van der Waals surface area (Å²) in [6.45, 7) is 0. The van der Waals surface area contributed by atoms with E-state index < -0.39 is 29.7 Å². The smallest absolute Gasteiger partial charge is 0.416 e. The molecule has 1 heterocycles. The zero-order valence-corrected chi connectivity index (χ0v) is 13.3. The summed E-state index contributed by atoms with van der Waals surface area (Å²) in [4.78, 5) is 12.2. The Bertz CT molecular complexity index is 787. The third kappa shape index (κ3) is 3.46. The Morgan fingerprint density at radius 3 is 2.44 bits per heavy atom. The number of aliphatic hydroxyl groups is 1. The van der Waals surface area contributed by atoms with Crippen molar-refractivity contribution in [2.45, 2.75) is 24.6 Å². The molecule has 1 aliphatic rings. The Balaban J connectivity index is 2.01. The van der Waals surface area contributed by atoms with Crippen LogP contribution in [0, 0.1) is 0 Å². The molecule has 3 rings (SSSR count). The van der Waals surface area contributed by atoms with E-state index in [1.807, 2.05) is 0 Å². The van der Waals surface area contributed by atoms with Gasteiger partial charge in [0.2, 0.25) is 0 Å². The molecule has 25 heavy (non-hydrogen) atoms. The van der Waals surface area contributed by atoms with Crippen molar-refractivity contribution in [1.82, 2.24) is 0 Å². The number of nitrogens with one attached hydrogen (secondary N) is 1. The van der Waals surface area contributed by atoms with Gasteiger partial charge >= 0.3 is 6.18 Å². The van der Waals surface area contributed by atoms with Crippen LogP contribution in [0.1, 0.15) is 22.6 Å². The number of benzene rings is 2. The molecular formula is C18H16F3NO3. The summed E-state index contributed by atoms with van der Waals surface area (Å²) in [7, 11) is 1.51. The highest BCUT2D eigenvalue weighted by Crippen LogP contribution is 2.36. The van der Waals surface area contributed by atoms with Crippen LogP contribution in [0.3, 0.4) is 0 Å². The highest BCUT2D eigenvalue weighted by molar-refractivity contribution is 5.96. The number of alkyl halides is 3. The third-order valence-electron chi connectivity index (χ3n) is 4.32. The van der Waals surface area contributed by atoms with Gasteiger partial charge in [0.05, 0.1) is 12.7 Å². The van der Waals surface area contributed by atoms with Crippen LogP contribution in [0.5, 0.6) is 5.75 Å². The minimum absolute atomic E-state index is 0.103. The number of anilines is 1. The molecular weight excluding hydrogens is 335 g/mol. The van der Waals surface area contributed by atoms with Crippen molar-refractivity contribution >= 4 is 11.6 Å². The van der Waals surface area contributed by atoms with Gasteiger partial charge in [-0.2, -0.15) is 13.2 Å². The van der Waals surface area contributed by atoms with E-state index in [9.17, 15) is 23.1 Å². The molecule has 1 amide bonds. The number of aliphatic hydroxyl groups excluding tert-OH is 1. The lowest BCUT2D eigenvalue weighted by Crippen LogP contribution is -2.31. The van der Waals surface area contributed by atoms with Gasteiger partial charge in [-0.3, -0.25) is 4.79 Å². The number of methoxy groups -OCH3 is 1. The number of halogens is 3. The zero-order chi connectivity index (χ0) is 18.2. The van der Waals surface area contributed by atoms with Crippen molar-refractivity contribution in [2.75, 3.05) is 12.4 Å². The van der Waals surface area contributed by atoms with Gasteiger partial charge in [0, 0.05) is 11.6 Å². The van der Waals surface area contributed by atoms with E-state index in [-0.39, 0.29) is 12.1 Å². The van der Waals surface area contributed by atoms with Crippen LogP contribution in [0.4, 0.5) is 18.9 Å². The fraction of sp³-hybridized carbons (Fsp3) is 0.278. The number of amides is 1. The Morgan fingerprint density at radius 2 is 1.84 bits per heavy atom. The molecule has 0 radical (unpaired) electrons. The molecule has 4 nitrogen and oxygen atoms in total. The van der Waals surface area contributed by atoms with Crippen molar-refractivity contribution in [3.63, 3.8) is 0 Å². The molecule has 2 atom stereocenters. The molecule has 0 fully saturated rings. The molecule has 132 valence electrons. The van der Waals surface area contributed by atoms with E-state index in [1.165, 1.54) is 13.2 Å². The first kappa shape index (κ1) is 17.3. The van der Waals surface area contributed by atoms with Gasteiger partial charge < -0.3 is 15.2 Å². The molecule has 1 aliphatic heterocycles. The first-order valence-corrected chi connectivity index (χ1v) is 7.62. The molecule has 0 aliphatic carbocycles. The Morgan fingerprint density at radius 1 is 1.16 bits per heavy atom. The van der Waals surface area contributed by atoms with Gasteiger partial charge in [0.25, 0.3) is 5.91 Å². The Kier molecular flexibility index (Phi) is 4.43. The molecule has 7 heteroatoms. The van der Waals surface area contributed by atoms with Crippen molar-refractivity contribution in [3.05, 3.63) is 59.2 Å². The van der Waals surface area contributed by atoms with Gasteiger partial charge in [-0.1, -0.05) is 12.1 Å². The highest BCUT2D eigenvalue weighted by atomic mass is 19.4. The summed E-state index contributed by atoms with van der Waals surface area (Å²) < 4.78 is 44.0. The molecule has 2 aromatic carbocycles. The zero-order valence-electron chi connectivity index (χ0n) is 13.3. The molecule has 2 aromatic rings. The van der Waals surface area contributed by atoms with Crippen molar-refractivity contribution in [1.29, 1.82) is 0 Å². The SMILES string of the molecule is COc1ccc([C@@H]2Cc3cc(C(F)(F)F)ccc3NC(=O)[C@@H]2O)cc1. The summed E-state index contributed by atoms with van der Waals surface area (Å²) in [5.74, 6) is -0.689. The molecule has 2 N–H and O–H groups in total. The second-order valence-corrected chi connectivity index (χ2v) is 5.89. The lowest BCUT2D eigenvalue weighted by Gasteiger charge is -2.20. The lowest BCUT2D eigenvalue weighted by atomic mass is 9.87. The summed E-state index contributed by atoms with van der Waals surface area (Å²) in [5.41, 5.74) is 0.479. The van der Waals surface area contributed by atoms with Crippen LogP contribution in [0.15, 0.2) is 42.5 Å². The van der Waals surface area contributed by atoms with E-state index in [1.54, 1.807) is 24.3 Å². The number of carbonyl (C=O) groups excluding carboxylic acids is 1. The van der Waals surface area contributed by atoms with Crippen LogP contribution in [0.25, 0.3) is 0 Å². The molecule has 0 unspecified atom stereocenters. The lowest BCUT2D eigenvalue weighted by molar-refractivity contribution is -0.137. The minimum atomic E-state index is -4.47. The van der Waals surface area contributed by atoms with E-state index in [4.69, 9.17) is 4.74 Å². The average molecular weight is 351 g/mol. The van der Waals surface area contributed by atoms with Crippen LogP contribution in [0.2, 0.25) is 0 Å². The largest absolute Gasteiger partial charge is 0.497 e. The van der Waals surface area contributed by atoms with Crippen LogP contribution in [-0.4, -0.2) is 24.2 Å². The molecule has 0 bridgehead atoms. The van der Waals surface area contributed by atoms with E-state index >= 15 is 0 Å². The van der Waals surface area contributed by atoms with E-state index in [2.05, 4.69) is 5.32 Å². The fourth-order valence-corrected chi connectivity index (χ4v) is 2.95. The van der Waals surface area contributed by atoms with Crippen molar-refractivity contribution in [2.24, 2.45) is 0 Å². The highest BCUT2D eigenvalue weighted by Gasteiger charge is 2.35. The number of hydrogen-bond acceptors (Lipinski definition) is 3. The third-order valence-corrected chi connectivity index (χ3v) is 4.32. The number of rotatable bonds is 2. The Labute approximate surface area is 142 Å². The van der Waals surface area contributed by atoms with Crippen molar-refractivity contribution in [3.8, 4) is 5.75 Å². The maximum absolute atomic E-state index is 13.0. The van der Waals surface area contributed by atoms with Gasteiger partial charge in [-0.25, -0.2) is 0 Å². The van der Waals surface area contributed by atoms with Crippen molar-refractivity contribution < 1.29 is 27.8 Å². The van der Waals surface area contributed by atoms with Gasteiger partial charge in [-0.15, -0.1) is 0 Å². The monoisotopic (exact) mass is 351 g/mol. The first-order chi connectivity index (χ1) is 11.8. The summed E-state index contributed by atoms with van der Waals surface area (Å²) in [6, 6.07) is 9.90. The number of ether oxygens (including phenoxy) is 1. The number of hydrogen-bond donors (Lipinski definition) is 2.